The number of hydrogen-bond acceptors (Lipinski definition) is 4. The molecule has 2 aromatic rings. The number of likely N-dealkylation sites (tertiary alicyclic amines) is 1. The summed E-state index contributed by atoms with van der Waals surface area (Å²) >= 11 is 0. The molecule has 1 saturated carbocycles. The van der Waals surface area contributed by atoms with E-state index in [1.807, 2.05) is 0 Å². The Bertz CT molecular complexity index is 890. The lowest BCUT2D eigenvalue weighted by molar-refractivity contribution is -0.123. The topological polar surface area (TPSA) is 110 Å². The van der Waals surface area contributed by atoms with E-state index in [9.17, 15) is 14.4 Å². The zero-order valence-electron chi connectivity index (χ0n) is 15.2. The van der Waals surface area contributed by atoms with Crippen LogP contribution in [0, 0.1) is 5.92 Å². The molecule has 2 amide bonds. The first kappa shape index (κ1) is 17.8. The molecule has 1 aromatic carbocycles. The molecular formula is C19H25N5O3. The molecule has 2 heterocycles. The van der Waals surface area contributed by atoms with Crippen LogP contribution in [0.5, 0.6) is 0 Å². The number of imidazole rings is 1. The maximum Gasteiger partial charge on any atom is 0.323 e. The van der Waals surface area contributed by atoms with Gasteiger partial charge in [0.15, 0.2) is 0 Å². The average molecular weight is 371 g/mol. The molecule has 1 aliphatic heterocycles. The van der Waals surface area contributed by atoms with Crippen LogP contribution >= 0.6 is 0 Å². The molecule has 8 nitrogen and oxygen atoms in total. The summed E-state index contributed by atoms with van der Waals surface area (Å²) in [6, 6.07) is 5.57. The lowest BCUT2D eigenvalue weighted by Crippen LogP contribution is -2.45. The molecule has 144 valence electrons. The molecule has 0 spiro atoms. The predicted molar refractivity (Wildman–Crippen MR) is 102 cm³/mol. The summed E-state index contributed by atoms with van der Waals surface area (Å²) in [5, 5.41) is 6.02. The highest BCUT2D eigenvalue weighted by atomic mass is 16.2. The second kappa shape index (κ2) is 7.56. The third-order valence-corrected chi connectivity index (χ3v) is 5.34. The van der Waals surface area contributed by atoms with Gasteiger partial charge in [-0.1, -0.05) is 0 Å². The number of aromatic nitrogens is 2. The Labute approximate surface area is 156 Å². The second-order valence-corrected chi connectivity index (χ2v) is 7.54. The minimum atomic E-state index is -0.259. The molecule has 1 aromatic heterocycles. The number of benzene rings is 1. The number of carbonyl (C=O) groups is 2. The molecular weight excluding hydrogens is 346 g/mol. The van der Waals surface area contributed by atoms with Gasteiger partial charge in [0.1, 0.15) is 0 Å². The molecule has 1 aliphatic carbocycles. The molecule has 2 aliphatic rings. The molecule has 0 bridgehead atoms. The molecule has 8 heteroatoms. The van der Waals surface area contributed by atoms with Crippen molar-refractivity contribution in [2.24, 2.45) is 5.92 Å². The van der Waals surface area contributed by atoms with E-state index in [4.69, 9.17) is 0 Å². The highest BCUT2D eigenvalue weighted by Crippen LogP contribution is 2.29. The van der Waals surface area contributed by atoms with E-state index < -0.39 is 0 Å². The molecule has 4 rings (SSSR count). The fraction of sp³-hybridized carbons (Fsp3) is 0.526. The first-order chi connectivity index (χ1) is 13.1. The van der Waals surface area contributed by atoms with Crippen molar-refractivity contribution in [1.29, 1.82) is 0 Å². The van der Waals surface area contributed by atoms with Crippen LogP contribution in [0.15, 0.2) is 23.0 Å². The van der Waals surface area contributed by atoms with Gasteiger partial charge in [-0.15, -0.1) is 0 Å². The summed E-state index contributed by atoms with van der Waals surface area (Å²) in [4.78, 5) is 43.0. The highest BCUT2D eigenvalue weighted by Gasteiger charge is 2.31. The minimum Gasteiger partial charge on any atom is -0.353 e. The first-order valence-electron chi connectivity index (χ1n) is 9.61. The van der Waals surface area contributed by atoms with Gasteiger partial charge >= 0.3 is 5.69 Å². The van der Waals surface area contributed by atoms with Crippen LogP contribution in [-0.4, -0.2) is 52.4 Å². The van der Waals surface area contributed by atoms with Crippen molar-refractivity contribution in [3.8, 4) is 0 Å². The summed E-state index contributed by atoms with van der Waals surface area (Å²) in [7, 11) is 0. The van der Waals surface area contributed by atoms with Crippen LogP contribution in [0.2, 0.25) is 0 Å². The van der Waals surface area contributed by atoms with Crippen LogP contribution < -0.4 is 16.3 Å². The van der Waals surface area contributed by atoms with Gasteiger partial charge < -0.3 is 25.5 Å². The number of rotatable bonds is 6. The number of amides is 2. The Morgan fingerprint density at radius 3 is 2.56 bits per heavy atom. The minimum absolute atomic E-state index is 0.0450. The average Bonchev–Trinajstić information content (AvgIpc) is 3.43. The van der Waals surface area contributed by atoms with Crippen LogP contribution in [0.1, 0.15) is 32.1 Å². The normalized spacial score (nSPS) is 18.5. The van der Waals surface area contributed by atoms with Gasteiger partial charge in [-0.3, -0.25) is 9.59 Å². The van der Waals surface area contributed by atoms with Gasteiger partial charge in [0, 0.05) is 43.7 Å². The second-order valence-electron chi connectivity index (χ2n) is 7.54. The maximum absolute atomic E-state index is 12.2. The SMILES string of the molecule is O=C(CCN1CCC(NC(=O)C2CC2)CC1)Nc1ccc2[nH]c(=O)[nH]c2c1. The summed E-state index contributed by atoms with van der Waals surface area (Å²) in [5.41, 5.74) is 1.80. The number of piperidine rings is 1. The monoisotopic (exact) mass is 371 g/mol. The maximum atomic E-state index is 12.2. The third kappa shape index (κ3) is 4.57. The van der Waals surface area contributed by atoms with Crippen molar-refractivity contribution in [2.75, 3.05) is 25.0 Å². The van der Waals surface area contributed by atoms with Gasteiger partial charge in [0.05, 0.1) is 11.0 Å². The van der Waals surface area contributed by atoms with Gasteiger partial charge in [0.2, 0.25) is 11.8 Å². The van der Waals surface area contributed by atoms with Crippen LogP contribution in [0.25, 0.3) is 11.0 Å². The van der Waals surface area contributed by atoms with Crippen molar-refractivity contribution in [3.63, 3.8) is 0 Å². The lowest BCUT2D eigenvalue weighted by Gasteiger charge is -2.32. The lowest BCUT2D eigenvalue weighted by atomic mass is 10.0. The molecule has 0 unspecified atom stereocenters. The fourth-order valence-electron chi connectivity index (χ4n) is 3.56. The summed E-state index contributed by atoms with van der Waals surface area (Å²) in [6.07, 6.45) is 4.37. The number of H-pyrrole nitrogens is 2. The number of nitrogens with zero attached hydrogens (tertiary/aromatic N) is 1. The molecule has 2 fully saturated rings. The van der Waals surface area contributed by atoms with E-state index in [0.717, 1.165) is 44.3 Å². The van der Waals surface area contributed by atoms with Crippen molar-refractivity contribution in [3.05, 3.63) is 28.7 Å². The Morgan fingerprint density at radius 1 is 1.07 bits per heavy atom. The highest BCUT2D eigenvalue weighted by molar-refractivity contribution is 5.93. The summed E-state index contributed by atoms with van der Waals surface area (Å²) < 4.78 is 0. The Morgan fingerprint density at radius 2 is 1.81 bits per heavy atom. The first-order valence-corrected chi connectivity index (χ1v) is 9.61. The van der Waals surface area contributed by atoms with Gasteiger partial charge in [-0.05, 0) is 43.9 Å². The molecule has 0 radical (unpaired) electrons. The smallest absolute Gasteiger partial charge is 0.323 e. The molecule has 4 N–H and O–H groups in total. The number of fused-ring (bicyclic) bond motifs is 1. The van der Waals surface area contributed by atoms with Crippen LogP contribution in [-0.2, 0) is 9.59 Å². The van der Waals surface area contributed by atoms with Gasteiger partial charge in [-0.25, -0.2) is 4.79 Å². The van der Waals surface area contributed by atoms with Crippen LogP contribution in [0.3, 0.4) is 0 Å². The largest absolute Gasteiger partial charge is 0.353 e. The molecule has 27 heavy (non-hydrogen) atoms. The van der Waals surface area contributed by atoms with Gasteiger partial charge in [-0.2, -0.15) is 0 Å². The van der Waals surface area contributed by atoms with Crippen molar-refractivity contribution in [2.45, 2.75) is 38.1 Å². The standard InChI is InChI=1S/C19H25N5O3/c25-17(20-14-3-4-15-16(11-14)23-19(27)22-15)7-10-24-8-5-13(6-9-24)21-18(26)12-1-2-12/h3-4,11-13H,1-2,5-10H2,(H,20,25)(H,21,26)(H2,22,23,27). The number of aromatic amines is 2. The Kier molecular flexibility index (Phi) is 4.98. The predicted octanol–water partition coefficient (Wildman–Crippen LogP) is 1.18. The van der Waals surface area contributed by atoms with E-state index in [1.54, 1.807) is 18.2 Å². The molecule has 0 atom stereocenters. The quantitative estimate of drug-likeness (QED) is 0.611. The number of nitrogens with one attached hydrogen (secondary N) is 4. The van der Waals surface area contributed by atoms with Gasteiger partial charge in [0.25, 0.3) is 0 Å². The number of hydrogen-bond donors (Lipinski definition) is 4. The fourth-order valence-corrected chi connectivity index (χ4v) is 3.56. The number of carbonyl (C=O) groups excluding carboxylic acids is 2. The van der Waals surface area contributed by atoms with E-state index in [1.165, 1.54) is 0 Å². The summed E-state index contributed by atoms with van der Waals surface area (Å²) in [5.74, 6) is 0.431. The van der Waals surface area contributed by atoms with Crippen molar-refractivity contribution in [1.82, 2.24) is 20.2 Å². The zero-order chi connectivity index (χ0) is 18.8. The van der Waals surface area contributed by atoms with Crippen LogP contribution in [0.4, 0.5) is 5.69 Å². The van der Waals surface area contributed by atoms with Crippen molar-refractivity contribution < 1.29 is 9.59 Å². The Hall–Kier alpha value is -2.61. The van der Waals surface area contributed by atoms with E-state index in [2.05, 4.69) is 25.5 Å². The van der Waals surface area contributed by atoms with E-state index >= 15 is 0 Å². The third-order valence-electron chi connectivity index (χ3n) is 5.34. The molecule has 1 saturated heterocycles. The van der Waals surface area contributed by atoms with Crippen molar-refractivity contribution >= 4 is 28.5 Å². The Balaban J connectivity index is 1.20. The summed E-state index contributed by atoms with van der Waals surface area (Å²) in [6.45, 7) is 2.51. The van der Waals surface area contributed by atoms with E-state index in [0.29, 0.717) is 24.2 Å². The van der Waals surface area contributed by atoms with E-state index in [-0.39, 0.29) is 29.5 Å². The number of anilines is 1. The zero-order valence-corrected chi connectivity index (χ0v) is 15.2.